The van der Waals surface area contributed by atoms with E-state index in [9.17, 15) is 0 Å². The van der Waals surface area contributed by atoms with Gasteiger partial charge in [0.25, 0.3) is 0 Å². The second-order valence-corrected chi connectivity index (χ2v) is 7.62. The van der Waals surface area contributed by atoms with E-state index in [2.05, 4.69) is 68.3 Å². The van der Waals surface area contributed by atoms with Crippen molar-refractivity contribution >= 4 is 11.7 Å². The van der Waals surface area contributed by atoms with Crippen LogP contribution in [-0.4, -0.2) is 22.7 Å². The average molecular weight is 387 g/mol. The van der Waals surface area contributed by atoms with Crippen LogP contribution in [0, 0.1) is 34.6 Å². The zero-order valence-electron chi connectivity index (χ0n) is 17.4. The van der Waals surface area contributed by atoms with E-state index in [1.165, 1.54) is 27.8 Å². The minimum absolute atomic E-state index is 0. The number of anilines is 1. The zero-order valence-corrected chi connectivity index (χ0v) is 17.4. The van der Waals surface area contributed by atoms with E-state index in [1.54, 1.807) is 0 Å². The number of nitrogens with one attached hydrogen (secondary N) is 1. The van der Waals surface area contributed by atoms with Crippen LogP contribution in [0.3, 0.4) is 0 Å². The van der Waals surface area contributed by atoms with Gasteiger partial charge in [0.2, 0.25) is 5.95 Å². The van der Waals surface area contributed by atoms with Gasteiger partial charge in [0.15, 0.2) is 0 Å². The topological polar surface area (TPSA) is 50.2 Å². The summed E-state index contributed by atoms with van der Waals surface area (Å²) in [7, 11) is 1.86. The average Bonchev–Trinajstić information content (AvgIpc) is 2.80. The predicted octanol–water partition coefficient (Wildman–Crippen LogP) is 5.71. The highest BCUT2D eigenvalue weighted by atomic mass is 15.1. The minimum atomic E-state index is 0. The van der Waals surface area contributed by atoms with Gasteiger partial charge in [-0.1, -0.05) is 25.6 Å². The third-order valence-electron chi connectivity index (χ3n) is 5.69. The lowest BCUT2D eigenvalue weighted by molar-refractivity contribution is 0.980. The Bertz CT molecular complexity index is 1110. The molecule has 1 N–H and O–H groups in total. The highest BCUT2D eigenvalue weighted by Crippen LogP contribution is 2.35. The number of fused-ring (bicyclic) bond motifs is 3. The minimum Gasteiger partial charge on any atom is -0.357 e. The molecule has 0 spiro atoms. The Balaban J connectivity index is 0.00000240. The maximum absolute atomic E-state index is 5.10. The van der Waals surface area contributed by atoms with Gasteiger partial charge in [0, 0.05) is 35.0 Å². The summed E-state index contributed by atoms with van der Waals surface area (Å²) in [5.74, 6) is 0.649. The van der Waals surface area contributed by atoms with Crippen molar-refractivity contribution in [2.24, 2.45) is 4.99 Å². The summed E-state index contributed by atoms with van der Waals surface area (Å²) in [6.07, 6.45) is 0. The molecular weight excluding hydrogens is 356 g/mol. The molecule has 0 fully saturated rings. The number of nitrogens with zero attached hydrogens (tertiary/aromatic N) is 3. The van der Waals surface area contributed by atoms with E-state index in [-0.39, 0.29) is 7.43 Å². The number of hydrogen-bond donors (Lipinski definition) is 1. The van der Waals surface area contributed by atoms with Gasteiger partial charge in [0.1, 0.15) is 0 Å². The quantitative estimate of drug-likeness (QED) is 0.613. The number of benzene rings is 2. The predicted molar refractivity (Wildman–Crippen MR) is 123 cm³/mol. The monoisotopic (exact) mass is 386 g/mol. The molecule has 150 valence electrons. The SMILES string of the molecule is C.CNc1nc(C)c2c(n1)-c1cc(C)c(C)cc1C(c1c(C)cccc1C)=NC2. The molecule has 1 aromatic heterocycles. The van der Waals surface area contributed by atoms with E-state index in [4.69, 9.17) is 9.98 Å². The molecule has 1 aliphatic heterocycles. The number of rotatable bonds is 2. The first-order chi connectivity index (χ1) is 13.4. The molecule has 0 atom stereocenters. The summed E-state index contributed by atoms with van der Waals surface area (Å²) < 4.78 is 0. The standard InChI is InChI=1S/C24H26N4.CH4/c1-13-8-7-9-14(2)21(13)23-19-11-16(4)15(3)10-18(19)22-20(12-26-23)17(5)27-24(25-6)28-22;/h7-11H,12H2,1-6H3,(H,25,27,28);1H4. The third-order valence-corrected chi connectivity index (χ3v) is 5.69. The van der Waals surface area contributed by atoms with Gasteiger partial charge in [-0.25, -0.2) is 9.97 Å². The van der Waals surface area contributed by atoms with Gasteiger partial charge in [-0.05, 0) is 69.0 Å². The van der Waals surface area contributed by atoms with Crippen molar-refractivity contribution in [3.8, 4) is 11.3 Å². The third kappa shape index (κ3) is 3.44. The van der Waals surface area contributed by atoms with Gasteiger partial charge < -0.3 is 5.32 Å². The second-order valence-electron chi connectivity index (χ2n) is 7.62. The second kappa shape index (κ2) is 7.78. The summed E-state index contributed by atoms with van der Waals surface area (Å²) >= 11 is 0. The molecule has 4 nitrogen and oxygen atoms in total. The Morgan fingerprint density at radius 3 is 2.07 bits per heavy atom. The smallest absolute Gasteiger partial charge is 0.223 e. The molecule has 3 aromatic rings. The van der Waals surface area contributed by atoms with Crippen molar-refractivity contribution in [2.75, 3.05) is 12.4 Å². The first-order valence-corrected chi connectivity index (χ1v) is 9.69. The van der Waals surface area contributed by atoms with E-state index >= 15 is 0 Å². The van der Waals surface area contributed by atoms with Crippen molar-refractivity contribution in [1.82, 2.24) is 9.97 Å². The molecule has 1 aliphatic rings. The zero-order chi connectivity index (χ0) is 20.0. The Kier molecular flexibility index (Phi) is 5.56. The van der Waals surface area contributed by atoms with Gasteiger partial charge >= 0.3 is 0 Å². The normalized spacial score (nSPS) is 12.3. The number of aryl methyl sites for hydroxylation is 5. The van der Waals surface area contributed by atoms with E-state index < -0.39 is 0 Å². The van der Waals surface area contributed by atoms with Crippen LogP contribution < -0.4 is 5.32 Å². The lowest BCUT2D eigenvalue weighted by atomic mass is 9.88. The molecule has 4 heteroatoms. The van der Waals surface area contributed by atoms with Crippen LogP contribution in [-0.2, 0) is 6.54 Å². The largest absolute Gasteiger partial charge is 0.357 e. The fourth-order valence-electron chi connectivity index (χ4n) is 3.97. The van der Waals surface area contributed by atoms with Crippen LogP contribution in [0.1, 0.15) is 52.1 Å². The molecule has 0 unspecified atom stereocenters. The van der Waals surface area contributed by atoms with E-state index in [0.29, 0.717) is 12.5 Å². The first-order valence-electron chi connectivity index (χ1n) is 9.69. The molecule has 0 aliphatic carbocycles. The Morgan fingerprint density at radius 2 is 1.45 bits per heavy atom. The fraction of sp³-hybridized carbons (Fsp3) is 0.320. The van der Waals surface area contributed by atoms with Gasteiger partial charge in [0.05, 0.1) is 18.0 Å². The summed E-state index contributed by atoms with van der Waals surface area (Å²) in [6, 6.07) is 10.9. The highest BCUT2D eigenvalue weighted by Gasteiger charge is 2.24. The molecule has 29 heavy (non-hydrogen) atoms. The molecule has 2 heterocycles. The van der Waals surface area contributed by atoms with E-state index in [0.717, 1.165) is 33.8 Å². The lowest BCUT2D eigenvalue weighted by Crippen LogP contribution is -2.10. The maximum atomic E-state index is 5.10. The maximum Gasteiger partial charge on any atom is 0.223 e. The number of hydrogen-bond acceptors (Lipinski definition) is 4. The number of aliphatic imine (C=N–C) groups is 1. The fourth-order valence-corrected chi connectivity index (χ4v) is 3.97. The summed E-state index contributed by atoms with van der Waals surface area (Å²) in [5.41, 5.74) is 12.6. The van der Waals surface area contributed by atoms with Crippen molar-refractivity contribution in [3.05, 3.63) is 75.0 Å². The summed E-state index contributed by atoms with van der Waals surface area (Å²) in [4.78, 5) is 14.5. The van der Waals surface area contributed by atoms with Gasteiger partial charge in [-0.2, -0.15) is 0 Å². The van der Waals surface area contributed by atoms with Crippen molar-refractivity contribution in [1.29, 1.82) is 0 Å². The Morgan fingerprint density at radius 1 is 0.828 bits per heavy atom. The summed E-state index contributed by atoms with van der Waals surface area (Å²) in [5, 5.41) is 3.10. The van der Waals surface area contributed by atoms with Gasteiger partial charge in [-0.3, -0.25) is 4.99 Å². The molecule has 2 aromatic carbocycles. The molecule has 0 saturated heterocycles. The molecule has 0 amide bonds. The van der Waals surface area contributed by atoms with Crippen LogP contribution in [0.2, 0.25) is 0 Å². The van der Waals surface area contributed by atoms with Crippen LogP contribution >= 0.6 is 0 Å². The van der Waals surface area contributed by atoms with Crippen molar-refractivity contribution < 1.29 is 0 Å². The summed E-state index contributed by atoms with van der Waals surface area (Å²) in [6.45, 7) is 11.3. The molecular formula is C25H30N4. The van der Waals surface area contributed by atoms with Gasteiger partial charge in [-0.15, -0.1) is 0 Å². The van der Waals surface area contributed by atoms with Crippen LogP contribution in [0.25, 0.3) is 11.3 Å². The van der Waals surface area contributed by atoms with Crippen LogP contribution in [0.5, 0.6) is 0 Å². The molecule has 0 radical (unpaired) electrons. The molecule has 4 rings (SSSR count). The van der Waals surface area contributed by atoms with E-state index in [1.807, 2.05) is 14.0 Å². The number of aromatic nitrogens is 2. The molecule has 0 bridgehead atoms. The Hall–Kier alpha value is -3.01. The molecule has 0 saturated carbocycles. The van der Waals surface area contributed by atoms with Crippen LogP contribution in [0.4, 0.5) is 5.95 Å². The lowest BCUT2D eigenvalue weighted by Gasteiger charge is -2.17. The van der Waals surface area contributed by atoms with Crippen LogP contribution in [0.15, 0.2) is 35.3 Å². The van der Waals surface area contributed by atoms with Crippen molar-refractivity contribution in [2.45, 2.75) is 48.6 Å². The Labute approximate surface area is 174 Å². The van der Waals surface area contributed by atoms with Crippen molar-refractivity contribution in [3.63, 3.8) is 0 Å². The highest BCUT2D eigenvalue weighted by molar-refractivity contribution is 6.18. The first kappa shape index (κ1) is 20.7.